The highest BCUT2D eigenvalue weighted by Crippen LogP contribution is 2.29. The van der Waals surface area contributed by atoms with Crippen LogP contribution >= 0.6 is 0 Å². The Kier molecular flexibility index (Phi) is 5.46. The first-order valence-corrected chi connectivity index (χ1v) is 11.6. The van der Waals surface area contributed by atoms with Gasteiger partial charge in [0.2, 0.25) is 23.6 Å². The molecule has 36 heavy (non-hydrogen) atoms. The SMILES string of the molecule is Cc1ccc(-c2nnc(-c3ccc(-c4ccc(-c5nnc(-c6ccc(C)cc6)o5)cc4)cc3)o2)cc1. The van der Waals surface area contributed by atoms with Crippen molar-refractivity contribution >= 4 is 0 Å². The Balaban J connectivity index is 1.18. The average molecular weight is 471 g/mol. The Morgan fingerprint density at radius 2 is 0.556 bits per heavy atom. The number of aromatic nitrogens is 4. The van der Waals surface area contributed by atoms with E-state index in [1.54, 1.807) is 0 Å². The molecule has 6 nitrogen and oxygen atoms in total. The molecule has 2 aromatic heterocycles. The molecule has 0 N–H and O–H groups in total. The monoisotopic (exact) mass is 470 g/mol. The lowest BCUT2D eigenvalue weighted by atomic mass is 10.0. The zero-order valence-electron chi connectivity index (χ0n) is 19.8. The highest BCUT2D eigenvalue weighted by Gasteiger charge is 2.12. The Morgan fingerprint density at radius 1 is 0.333 bits per heavy atom. The third kappa shape index (κ3) is 4.32. The van der Waals surface area contributed by atoms with Gasteiger partial charge in [-0.15, -0.1) is 20.4 Å². The molecular weight excluding hydrogens is 448 g/mol. The van der Waals surface area contributed by atoms with Crippen LogP contribution in [-0.2, 0) is 0 Å². The first-order valence-electron chi connectivity index (χ1n) is 11.6. The van der Waals surface area contributed by atoms with E-state index in [1.807, 2.05) is 111 Å². The summed E-state index contributed by atoms with van der Waals surface area (Å²) in [5.74, 6) is 2.01. The lowest BCUT2D eigenvalue weighted by Gasteiger charge is -2.04. The summed E-state index contributed by atoms with van der Waals surface area (Å²) in [5, 5.41) is 16.8. The van der Waals surface area contributed by atoms with Crippen LogP contribution in [0.25, 0.3) is 56.9 Å². The maximum Gasteiger partial charge on any atom is 0.248 e. The Morgan fingerprint density at radius 3 is 0.833 bits per heavy atom. The number of nitrogens with zero attached hydrogens (tertiary/aromatic N) is 4. The molecule has 0 radical (unpaired) electrons. The van der Waals surface area contributed by atoms with Gasteiger partial charge in [0.15, 0.2) is 0 Å². The third-order valence-corrected chi connectivity index (χ3v) is 6.04. The summed E-state index contributed by atoms with van der Waals surface area (Å²) >= 11 is 0. The highest BCUT2D eigenvalue weighted by atomic mass is 16.4. The van der Waals surface area contributed by atoms with Crippen LogP contribution in [-0.4, -0.2) is 20.4 Å². The second-order valence-electron chi connectivity index (χ2n) is 8.71. The molecule has 6 heteroatoms. The summed E-state index contributed by atoms with van der Waals surface area (Å²) in [4.78, 5) is 0. The van der Waals surface area contributed by atoms with E-state index in [2.05, 4.69) is 20.4 Å². The molecule has 6 aromatic rings. The smallest absolute Gasteiger partial charge is 0.248 e. The van der Waals surface area contributed by atoms with Gasteiger partial charge in [0.25, 0.3) is 0 Å². The fraction of sp³-hybridized carbons (Fsp3) is 0.0667. The maximum absolute atomic E-state index is 5.90. The Labute approximate surface area is 208 Å². The van der Waals surface area contributed by atoms with Crippen LogP contribution in [0.4, 0.5) is 0 Å². The number of rotatable bonds is 5. The summed E-state index contributed by atoms with van der Waals surface area (Å²) in [5.41, 5.74) is 8.08. The second-order valence-corrected chi connectivity index (χ2v) is 8.71. The fourth-order valence-electron chi connectivity index (χ4n) is 3.92. The van der Waals surface area contributed by atoms with Gasteiger partial charge in [-0.2, -0.15) is 0 Å². The zero-order valence-corrected chi connectivity index (χ0v) is 19.8. The molecule has 4 aromatic carbocycles. The standard InChI is InChI=1S/C30H22N4O2/c1-19-3-7-23(8-4-19)27-31-33-29(35-27)25-15-11-21(12-16-25)22-13-17-26(18-14-22)30-34-32-28(36-30)24-9-5-20(2)6-10-24/h3-18H,1-2H3. The van der Waals surface area contributed by atoms with E-state index in [0.717, 1.165) is 33.4 Å². The van der Waals surface area contributed by atoms with Gasteiger partial charge in [-0.05, 0) is 73.5 Å². The van der Waals surface area contributed by atoms with Crippen LogP contribution in [0.2, 0.25) is 0 Å². The predicted molar refractivity (Wildman–Crippen MR) is 139 cm³/mol. The van der Waals surface area contributed by atoms with Gasteiger partial charge in [0.05, 0.1) is 0 Å². The van der Waals surface area contributed by atoms with E-state index < -0.39 is 0 Å². The van der Waals surface area contributed by atoms with Crippen molar-refractivity contribution in [2.75, 3.05) is 0 Å². The van der Waals surface area contributed by atoms with Crippen molar-refractivity contribution in [3.05, 3.63) is 108 Å². The maximum atomic E-state index is 5.90. The number of aryl methyl sites for hydroxylation is 2. The largest absolute Gasteiger partial charge is 0.416 e. The lowest BCUT2D eigenvalue weighted by Crippen LogP contribution is -1.82. The lowest BCUT2D eigenvalue weighted by molar-refractivity contribution is 0.584. The molecule has 0 aliphatic rings. The van der Waals surface area contributed by atoms with Crippen LogP contribution in [0.5, 0.6) is 0 Å². The van der Waals surface area contributed by atoms with E-state index >= 15 is 0 Å². The van der Waals surface area contributed by atoms with Gasteiger partial charge in [-0.25, -0.2) is 0 Å². The van der Waals surface area contributed by atoms with Gasteiger partial charge < -0.3 is 8.83 Å². The molecular formula is C30H22N4O2. The summed E-state index contributed by atoms with van der Waals surface area (Å²) in [6, 6.07) is 32.2. The average Bonchev–Trinajstić information content (AvgIpc) is 3.61. The molecule has 0 unspecified atom stereocenters. The van der Waals surface area contributed by atoms with Gasteiger partial charge in [-0.1, -0.05) is 59.7 Å². The van der Waals surface area contributed by atoms with Crippen molar-refractivity contribution in [3.8, 4) is 56.9 Å². The minimum Gasteiger partial charge on any atom is -0.416 e. The van der Waals surface area contributed by atoms with Gasteiger partial charge in [-0.3, -0.25) is 0 Å². The zero-order chi connectivity index (χ0) is 24.5. The van der Waals surface area contributed by atoms with Gasteiger partial charge in [0.1, 0.15) is 0 Å². The predicted octanol–water partition coefficient (Wildman–Crippen LogP) is 7.40. The number of hydrogen-bond acceptors (Lipinski definition) is 6. The van der Waals surface area contributed by atoms with E-state index in [0.29, 0.717) is 23.6 Å². The molecule has 0 spiro atoms. The summed E-state index contributed by atoms with van der Waals surface area (Å²) < 4.78 is 11.8. The van der Waals surface area contributed by atoms with E-state index in [-0.39, 0.29) is 0 Å². The minimum absolute atomic E-state index is 0.494. The molecule has 0 atom stereocenters. The van der Waals surface area contributed by atoms with Gasteiger partial charge in [0, 0.05) is 22.3 Å². The van der Waals surface area contributed by atoms with Crippen molar-refractivity contribution < 1.29 is 8.83 Å². The fourth-order valence-corrected chi connectivity index (χ4v) is 3.92. The molecule has 0 fully saturated rings. The summed E-state index contributed by atoms with van der Waals surface area (Å²) in [6.45, 7) is 4.09. The first kappa shape index (κ1) is 21.7. The summed E-state index contributed by atoms with van der Waals surface area (Å²) in [6.07, 6.45) is 0. The quantitative estimate of drug-likeness (QED) is 0.261. The molecule has 6 rings (SSSR count). The molecule has 0 amide bonds. The Hall–Kier alpha value is -4.84. The van der Waals surface area contributed by atoms with Crippen molar-refractivity contribution in [1.82, 2.24) is 20.4 Å². The van der Waals surface area contributed by atoms with Crippen molar-refractivity contribution in [1.29, 1.82) is 0 Å². The van der Waals surface area contributed by atoms with Crippen LogP contribution in [0.15, 0.2) is 106 Å². The van der Waals surface area contributed by atoms with Crippen LogP contribution < -0.4 is 0 Å². The van der Waals surface area contributed by atoms with Gasteiger partial charge >= 0.3 is 0 Å². The van der Waals surface area contributed by atoms with Crippen molar-refractivity contribution in [3.63, 3.8) is 0 Å². The molecule has 0 aliphatic carbocycles. The van der Waals surface area contributed by atoms with E-state index in [1.165, 1.54) is 11.1 Å². The van der Waals surface area contributed by atoms with E-state index in [9.17, 15) is 0 Å². The normalized spacial score (nSPS) is 11.1. The molecule has 0 saturated heterocycles. The number of hydrogen-bond donors (Lipinski definition) is 0. The van der Waals surface area contributed by atoms with Crippen LogP contribution in [0.1, 0.15) is 11.1 Å². The van der Waals surface area contributed by atoms with Crippen molar-refractivity contribution in [2.45, 2.75) is 13.8 Å². The number of benzene rings is 4. The van der Waals surface area contributed by atoms with Crippen molar-refractivity contribution in [2.24, 2.45) is 0 Å². The first-order chi connectivity index (χ1) is 17.6. The topological polar surface area (TPSA) is 77.8 Å². The molecule has 2 heterocycles. The summed E-state index contributed by atoms with van der Waals surface area (Å²) in [7, 11) is 0. The third-order valence-electron chi connectivity index (χ3n) is 6.04. The minimum atomic E-state index is 0.494. The van der Waals surface area contributed by atoms with Crippen LogP contribution in [0.3, 0.4) is 0 Å². The molecule has 0 aliphatic heterocycles. The Bertz CT molecular complexity index is 1490. The second kappa shape index (κ2) is 9.07. The highest BCUT2D eigenvalue weighted by molar-refractivity contribution is 5.70. The molecule has 0 saturated carbocycles. The van der Waals surface area contributed by atoms with Crippen LogP contribution in [0, 0.1) is 13.8 Å². The molecule has 174 valence electrons. The van der Waals surface area contributed by atoms with E-state index in [4.69, 9.17) is 8.83 Å². The molecule has 0 bridgehead atoms.